The number of hydrogen-bond acceptors (Lipinski definition) is 7. The molecule has 12 heteroatoms. The third-order valence-electron chi connectivity index (χ3n) is 8.15. The van der Waals surface area contributed by atoms with Gasteiger partial charge in [0, 0.05) is 43.3 Å². The van der Waals surface area contributed by atoms with Crippen molar-refractivity contribution in [2.24, 2.45) is 5.92 Å². The van der Waals surface area contributed by atoms with E-state index >= 15 is 0 Å². The molecule has 2 N–H and O–H groups in total. The number of morpholine rings is 1. The summed E-state index contributed by atoms with van der Waals surface area (Å²) in [4.78, 5) is 27.7. The number of nitrogens with one attached hydrogen (secondary N) is 1. The zero-order valence-electron chi connectivity index (χ0n) is 23.4. The van der Waals surface area contributed by atoms with Crippen LogP contribution < -0.4 is 5.32 Å². The number of aliphatic hydroxyl groups is 1. The summed E-state index contributed by atoms with van der Waals surface area (Å²) in [6, 6.07) is 13.2. The molecule has 228 valence electrons. The molecule has 0 aromatic heterocycles. The van der Waals surface area contributed by atoms with Gasteiger partial charge in [0.05, 0.1) is 32.0 Å². The van der Waals surface area contributed by atoms with Crippen LogP contribution in [0.4, 0.5) is 18.9 Å². The Bertz CT molecular complexity index is 1240. The Morgan fingerprint density at radius 2 is 1.76 bits per heavy atom. The zero-order chi connectivity index (χ0) is 29.9. The SMILES string of the molecule is C[C@H]1[C@@H](CN2CCOCC2)O[C@@H](c2cccc(NC(=O)[C@@H]3CCCN3C(=O)C(F)(F)F)c2)O[C@H]1c1ccc(CO)cc1. The van der Waals surface area contributed by atoms with E-state index in [1.54, 1.807) is 18.2 Å². The summed E-state index contributed by atoms with van der Waals surface area (Å²) in [6.45, 7) is 5.48. The maximum absolute atomic E-state index is 13.1. The standard InChI is InChI=1S/C30H36F3N3O6/c1-19-25(17-35-12-14-40-15-13-35)41-28(42-26(19)21-9-7-20(18-37)8-10-21)22-4-2-5-23(16-22)34-27(38)24-6-3-11-36(24)29(39)30(31,32)33/h2,4-5,7-10,16,19,24-26,28,37H,3,6,11-15,17-18H2,1H3,(H,34,38)/t19-,24-,25+,26+,28+/m0/s1. The fourth-order valence-corrected chi connectivity index (χ4v) is 5.80. The number of anilines is 1. The first kappa shape index (κ1) is 30.4. The first-order valence-corrected chi connectivity index (χ1v) is 14.2. The largest absolute Gasteiger partial charge is 0.471 e. The summed E-state index contributed by atoms with van der Waals surface area (Å²) in [6.07, 6.45) is -5.86. The Hall–Kier alpha value is -3.03. The molecule has 5 rings (SSSR count). The number of carbonyl (C=O) groups is 2. The van der Waals surface area contributed by atoms with Gasteiger partial charge in [0.2, 0.25) is 5.91 Å². The number of aliphatic hydroxyl groups excluding tert-OH is 1. The number of rotatable bonds is 7. The third kappa shape index (κ3) is 6.95. The van der Waals surface area contributed by atoms with Crippen molar-refractivity contribution < 1.29 is 42.1 Å². The molecule has 2 aromatic rings. The Kier molecular flexibility index (Phi) is 9.48. The molecular formula is C30H36F3N3O6. The van der Waals surface area contributed by atoms with Crippen LogP contribution in [-0.4, -0.2) is 84.4 Å². The average molecular weight is 592 g/mol. The van der Waals surface area contributed by atoms with E-state index in [1.807, 2.05) is 30.3 Å². The highest BCUT2D eigenvalue weighted by Crippen LogP contribution is 2.42. The second-order valence-electron chi connectivity index (χ2n) is 11.0. The van der Waals surface area contributed by atoms with Crippen LogP contribution in [0.25, 0.3) is 0 Å². The molecule has 0 aliphatic carbocycles. The average Bonchev–Trinajstić information content (AvgIpc) is 3.48. The predicted molar refractivity (Wildman–Crippen MR) is 146 cm³/mol. The predicted octanol–water partition coefficient (Wildman–Crippen LogP) is 3.79. The second-order valence-corrected chi connectivity index (χ2v) is 11.0. The van der Waals surface area contributed by atoms with Gasteiger partial charge in [-0.2, -0.15) is 13.2 Å². The number of amides is 2. The van der Waals surface area contributed by atoms with Crippen LogP contribution in [0.3, 0.4) is 0 Å². The van der Waals surface area contributed by atoms with Crippen molar-refractivity contribution in [2.45, 2.75) is 57.1 Å². The molecule has 9 nitrogen and oxygen atoms in total. The van der Waals surface area contributed by atoms with E-state index < -0.39 is 30.3 Å². The molecule has 3 saturated heterocycles. The number of carbonyl (C=O) groups excluding carboxylic acids is 2. The van der Waals surface area contributed by atoms with Gasteiger partial charge in [-0.3, -0.25) is 14.5 Å². The summed E-state index contributed by atoms with van der Waals surface area (Å²) in [7, 11) is 0. The molecule has 3 aliphatic rings. The fourth-order valence-electron chi connectivity index (χ4n) is 5.80. The van der Waals surface area contributed by atoms with E-state index in [1.165, 1.54) is 0 Å². The molecule has 0 bridgehead atoms. The number of likely N-dealkylation sites (tertiary alicyclic amines) is 1. The molecule has 3 heterocycles. The van der Waals surface area contributed by atoms with Gasteiger partial charge in [0.1, 0.15) is 6.04 Å². The summed E-state index contributed by atoms with van der Waals surface area (Å²) in [5.74, 6) is -2.68. The number of nitrogens with zero attached hydrogens (tertiary/aromatic N) is 2. The summed E-state index contributed by atoms with van der Waals surface area (Å²) in [5, 5.41) is 12.2. The van der Waals surface area contributed by atoms with Crippen LogP contribution in [0.15, 0.2) is 48.5 Å². The number of hydrogen-bond donors (Lipinski definition) is 2. The van der Waals surface area contributed by atoms with Crippen LogP contribution >= 0.6 is 0 Å². The molecule has 2 aromatic carbocycles. The van der Waals surface area contributed by atoms with E-state index in [-0.39, 0.29) is 37.7 Å². The first-order valence-electron chi connectivity index (χ1n) is 14.2. The molecule has 2 amide bonds. The molecule has 0 radical (unpaired) electrons. The molecule has 0 spiro atoms. The van der Waals surface area contributed by atoms with Crippen molar-refractivity contribution in [1.82, 2.24) is 9.80 Å². The lowest BCUT2D eigenvalue weighted by Crippen LogP contribution is -2.48. The van der Waals surface area contributed by atoms with Gasteiger partial charge in [-0.05, 0) is 36.1 Å². The van der Waals surface area contributed by atoms with Gasteiger partial charge in [0.15, 0.2) is 6.29 Å². The van der Waals surface area contributed by atoms with Gasteiger partial charge in [-0.15, -0.1) is 0 Å². The topological polar surface area (TPSA) is 101 Å². The number of alkyl halides is 3. The Labute approximate surface area is 242 Å². The molecule has 0 saturated carbocycles. The number of halogens is 3. The molecular weight excluding hydrogens is 555 g/mol. The van der Waals surface area contributed by atoms with E-state index in [0.717, 1.165) is 24.2 Å². The minimum Gasteiger partial charge on any atom is -0.392 e. The van der Waals surface area contributed by atoms with Crippen LogP contribution in [0.5, 0.6) is 0 Å². The smallest absolute Gasteiger partial charge is 0.392 e. The molecule has 42 heavy (non-hydrogen) atoms. The lowest BCUT2D eigenvalue weighted by molar-refractivity contribution is -0.277. The van der Waals surface area contributed by atoms with Crippen LogP contribution in [-0.2, 0) is 30.4 Å². The Morgan fingerprint density at radius 3 is 2.45 bits per heavy atom. The minimum atomic E-state index is -5.04. The van der Waals surface area contributed by atoms with Gasteiger partial charge < -0.3 is 29.5 Å². The minimum absolute atomic E-state index is 0.00789. The molecule has 3 fully saturated rings. The summed E-state index contributed by atoms with van der Waals surface area (Å²) in [5.41, 5.74) is 2.74. The maximum atomic E-state index is 13.1. The number of benzene rings is 2. The van der Waals surface area contributed by atoms with Crippen molar-refractivity contribution in [1.29, 1.82) is 0 Å². The molecule has 5 atom stereocenters. The van der Waals surface area contributed by atoms with Crippen molar-refractivity contribution in [3.63, 3.8) is 0 Å². The van der Waals surface area contributed by atoms with Crippen LogP contribution in [0.1, 0.15) is 48.8 Å². The lowest BCUT2D eigenvalue weighted by Gasteiger charge is -2.43. The monoisotopic (exact) mass is 591 g/mol. The highest BCUT2D eigenvalue weighted by Gasteiger charge is 2.47. The van der Waals surface area contributed by atoms with E-state index in [0.29, 0.717) is 42.3 Å². The molecule has 3 aliphatic heterocycles. The fraction of sp³-hybridized carbons (Fsp3) is 0.533. The van der Waals surface area contributed by atoms with Gasteiger partial charge in [-0.25, -0.2) is 0 Å². The van der Waals surface area contributed by atoms with Crippen molar-refractivity contribution >= 4 is 17.5 Å². The highest BCUT2D eigenvalue weighted by atomic mass is 19.4. The molecule has 0 unspecified atom stereocenters. The van der Waals surface area contributed by atoms with Crippen molar-refractivity contribution in [2.75, 3.05) is 44.7 Å². The van der Waals surface area contributed by atoms with Crippen molar-refractivity contribution in [3.8, 4) is 0 Å². The normalized spacial score (nSPS) is 27.2. The Morgan fingerprint density at radius 1 is 1.02 bits per heavy atom. The highest BCUT2D eigenvalue weighted by molar-refractivity contribution is 5.98. The van der Waals surface area contributed by atoms with Gasteiger partial charge >= 0.3 is 12.1 Å². The Balaban J connectivity index is 1.35. The van der Waals surface area contributed by atoms with Crippen LogP contribution in [0, 0.1) is 5.92 Å². The lowest BCUT2D eigenvalue weighted by atomic mass is 9.90. The number of ether oxygens (including phenoxy) is 3. The summed E-state index contributed by atoms with van der Waals surface area (Å²) >= 11 is 0. The van der Waals surface area contributed by atoms with E-state index in [9.17, 15) is 27.9 Å². The van der Waals surface area contributed by atoms with Crippen molar-refractivity contribution in [3.05, 3.63) is 65.2 Å². The van der Waals surface area contributed by atoms with E-state index in [4.69, 9.17) is 14.2 Å². The maximum Gasteiger partial charge on any atom is 0.471 e. The second kappa shape index (κ2) is 13.1. The van der Waals surface area contributed by atoms with E-state index in [2.05, 4.69) is 17.1 Å². The zero-order valence-corrected chi connectivity index (χ0v) is 23.4. The quantitative estimate of drug-likeness (QED) is 0.506. The van der Waals surface area contributed by atoms with Gasteiger partial charge in [0.25, 0.3) is 0 Å². The van der Waals surface area contributed by atoms with Gasteiger partial charge in [-0.1, -0.05) is 43.3 Å². The first-order chi connectivity index (χ1) is 20.1. The van der Waals surface area contributed by atoms with Crippen LogP contribution in [0.2, 0.25) is 0 Å². The third-order valence-corrected chi connectivity index (χ3v) is 8.15. The summed E-state index contributed by atoms with van der Waals surface area (Å²) < 4.78 is 57.6.